The lowest BCUT2D eigenvalue weighted by Crippen LogP contribution is -2.39. The maximum atomic E-state index is 12.8. The van der Waals surface area contributed by atoms with Crippen LogP contribution >= 0.6 is 12.4 Å². The fourth-order valence-electron chi connectivity index (χ4n) is 1.92. The van der Waals surface area contributed by atoms with Crippen LogP contribution in [0, 0.1) is 0 Å². The van der Waals surface area contributed by atoms with Gasteiger partial charge in [0, 0.05) is 12.6 Å². The standard InChI is InChI=1S/C16H21F3N2O2.ClH/c1-4-8-23-14-7-6-12(16(17,18)19)9-13(14)15(22)21-10-11(3)20-5-2;/h4,6-7,9,11,20H,1,5,8,10H2,2-3H3,(H,21,22);1H/t11-;/m1./s1. The Morgan fingerprint density at radius 1 is 1.42 bits per heavy atom. The molecule has 0 aromatic heterocycles. The summed E-state index contributed by atoms with van der Waals surface area (Å²) in [7, 11) is 0. The van der Waals surface area contributed by atoms with Gasteiger partial charge in [-0.05, 0) is 31.7 Å². The second-order valence-corrected chi connectivity index (χ2v) is 4.98. The zero-order valence-electron chi connectivity index (χ0n) is 13.6. The zero-order chi connectivity index (χ0) is 17.5. The summed E-state index contributed by atoms with van der Waals surface area (Å²) in [5.74, 6) is -0.522. The summed E-state index contributed by atoms with van der Waals surface area (Å²) in [6.07, 6.45) is -3.07. The zero-order valence-corrected chi connectivity index (χ0v) is 14.4. The quantitative estimate of drug-likeness (QED) is 0.693. The van der Waals surface area contributed by atoms with Crippen molar-refractivity contribution in [1.29, 1.82) is 0 Å². The molecule has 0 heterocycles. The van der Waals surface area contributed by atoms with E-state index >= 15 is 0 Å². The Morgan fingerprint density at radius 3 is 2.62 bits per heavy atom. The average molecular weight is 367 g/mol. The van der Waals surface area contributed by atoms with Crippen LogP contribution in [0.5, 0.6) is 5.75 Å². The molecular weight excluding hydrogens is 345 g/mol. The van der Waals surface area contributed by atoms with Crippen LogP contribution in [0.3, 0.4) is 0 Å². The first-order valence-electron chi connectivity index (χ1n) is 7.26. The van der Waals surface area contributed by atoms with Gasteiger partial charge in [-0.25, -0.2) is 0 Å². The second kappa shape index (κ2) is 10.2. The Morgan fingerprint density at radius 2 is 2.08 bits per heavy atom. The van der Waals surface area contributed by atoms with E-state index in [1.165, 1.54) is 6.08 Å². The average Bonchev–Trinajstić information content (AvgIpc) is 2.49. The fraction of sp³-hybridized carbons (Fsp3) is 0.438. The largest absolute Gasteiger partial charge is 0.489 e. The molecule has 0 aliphatic heterocycles. The SMILES string of the molecule is C=CCOc1ccc(C(F)(F)F)cc1C(=O)NC[C@@H](C)NCC.Cl. The van der Waals surface area contributed by atoms with E-state index in [0.717, 1.165) is 24.7 Å². The number of rotatable bonds is 8. The number of amides is 1. The van der Waals surface area contributed by atoms with Crippen molar-refractivity contribution in [2.75, 3.05) is 19.7 Å². The van der Waals surface area contributed by atoms with Gasteiger partial charge in [0.05, 0.1) is 11.1 Å². The Kier molecular flexibility index (Phi) is 9.47. The Bertz CT molecular complexity index is 551. The maximum absolute atomic E-state index is 12.8. The Labute approximate surface area is 145 Å². The lowest BCUT2D eigenvalue weighted by Gasteiger charge is -2.16. The lowest BCUT2D eigenvalue weighted by molar-refractivity contribution is -0.137. The van der Waals surface area contributed by atoms with Crippen molar-refractivity contribution >= 4 is 18.3 Å². The van der Waals surface area contributed by atoms with Crippen LogP contribution in [0.4, 0.5) is 13.2 Å². The van der Waals surface area contributed by atoms with Crippen molar-refractivity contribution in [2.24, 2.45) is 0 Å². The van der Waals surface area contributed by atoms with E-state index in [9.17, 15) is 18.0 Å². The molecule has 0 radical (unpaired) electrons. The predicted octanol–water partition coefficient (Wildman–Crippen LogP) is 3.42. The summed E-state index contributed by atoms with van der Waals surface area (Å²) in [5, 5.41) is 5.70. The van der Waals surface area contributed by atoms with Crippen LogP contribution in [0.15, 0.2) is 30.9 Å². The van der Waals surface area contributed by atoms with Gasteiger partial charge in [-0.2, -0.15) is 13.2 Å². The fourth-order valence-corrected chi connectivity index (χ4v) is 1.92. The molecule has 0 saturated carbocycles. The van der Waals surface area contributed by atoms with Gasteiger partial charge in [-0.3, -0.25) is 4.79 Å². The molecule has 1 atom stereocenters. The molecule has 0 spiro atoms. The Hall–Kier alpha value is -1.73. The first-order chi connectivity index (χ1) is 10.8. The topological polar surface area (TPSA) is 50.4 Å². The van der Waals surface area contributed by atoms with E-state index < -0.39 is 17.6 Å². The number of carbonyl (C=O) groups excluding carboxylic acids is 1. The number of likely N-dealkylation sites (N-methyl/N-ethyl adjacent to an activating group) is 1. The molecule has 0 aliphatic carbocycles. The van der Waals surface area contributed by atoms with E-state index in [4.69, 9.17) is 4.74 Å². The van der Waals surface area contributed by atoms with E-state index in [1.54, 1.807) is 0 Å². The lowest BCUT2D eigenvalue weighted by atomic mass is 10.1. The van der Waals surface area contributed by atoms with Gasteiger partial charge in [0.15, 0.2) is 0 Å². The molecule has 0 unspecified atom stereocenters. The van der Waals surface area contributed by atoms with Gasteiger partial charge < -0.3 is 15.4 Å². The third-order valence-electron chi connectivity index (χ3n) is 3.03. The summed E-state index contributed by atoms with van der Waals surface area (Å²) in [4.78, 5) is 12.2. The first kappa shape index (κ1) is 22.3. The number of alkyl halides is 3. The minimum atomic E-state index is -4.52. The highest BCUT2D eigenvalue weighted by Crippen LogP contribution is 2.32. The van der Waals surface area contributed by atoms with E-state index in [1.807, 2.05) is 13.8 Å². The maximum Gasteiger partial charge on any atom is 0.416 e. The molecular formula is C16H22ClF3N2O2. The second-order valence-electron chi connectivity index (χ2n) is 4.98. The van der Waals surface area contributed by atoms with Crippen LogP contribution in [-0.2, 0) is 6.18 Å². The molecule has 8 heteroatoms. The van der Waals surface area contributed by atoms with Crippen LogP contribution in [0.2, 0.25) is 0 Å². The highest BCUT2D eigenvalue weighted by molar-refractivity contribution is 5.97. The van der Waals surface area contributed by atoms with Gasteiger partial charge in [-0.1, -0.05) is 19.6 Å². The number of carbonyl (C=O) groups is 1. The summed E-state index contributed by atoms with van der Waals surface area (Å²) in [6, 6.07) is 2.84. The van der Waals surface area contributed by atoms with Gasteiger partial charge in [0.25, 0.3) is 5.91 Å². The van der Waals surface area contributed by atoms with Gasteiger partial charge in [0.1, 0.15) is 12.4 Å². The molecule has 1 amide bonds. The third kappa shape index (κ3) is 6.80. The van der Waals surface area contributed by atoms with Crippen molar-refractivity contribution in [2.45, 2.75) is 26.1 Å². The molecule has 1 aromatic carbocycles. The van der Waals surface area contributed by atoms with Gasteiger partial charge in [0.2, 0.25) is 0 Å². The molecule has 4 nitrogen and oxygen atoms in total. The molecule has 1 aromatic rings. The van der Waals surface area contributed by atoms with Crippen molar-refractivity contribution in [3.63, 3.8) is 0 Å². The van der Waals surface area contributed by atoms with Crippen molar-refractivity contribution in [1.82, 2.24) is 10.6 Å². The minimum Gasteiger partial charge on any atom is -0.489 e. The van der Waals surface area contributed by atoms with Gasteiger partial charge >= 0.3 is 6.18 Å². The van der Waals surface area contributed by atoms with Crippen molar-refractivity contribution < 1.29 is 22.7 Å². The molecule has 2 N–H and O–H groups in total. The van der Waals surface area contributed by atoms with Crippen LogP contribution in [0.25, 0.3) is 0 Å². The normalized spacial score (nSPS) is 12.0. The highest BCUT2D eigenvalue weighted by Gasteiger charge is 2.32. The van der Waals surface area contributed by atoms with E-state index in [0.29, 0.717) is 6.54 Å². The monoisotopic (exact) mass is 366 g/mol. The van der Waals surface area contributed by atoms with Crippen LogP contribution < -0.4 is 15.4 Å². The van der Waals surface area contributed by atoms with Crippen molar-refractivity contribution in [3.8, 4) is 5.75 Å². The van der Waals surface area contributed by atoms with Crippen LogP contribution in [-0.4, -0.2) is 31.6 Å². The van der Waals surface area contributed by atoms with E-state index in [-0.39, 0.29) is 36.4 Å². The first-order valence-corrected chi connectivity index (χ1v) is 7.26. The molecule has 0 aliphatic rings. The molecule has 0 saturated heterocycles. The molecule has 0 fully saturated rings. The number of hydrogen-bond donors (Lipinski definition) is 2. The smallest absolute Gasteiger partial charge is 0.416 e. The third-order valence-corrected chi connectivity index (χ3v) is 3.03. The van der Waals surface area contributed by atoms with E-state index in [2.05, 4.69) is 17.2 Å². The number of halogens is 4. The molecule has 0 bridgehead atoms. The number of nitrogens with one attached hydrogen (secondary N) is 2. The highest BCUT2D eigenvalue weighted by atomic mass is 35.5. The summed E-state index contributed by atoms with van der Waals surface area (Å²) in [5.41, 5.74) is -1.04. The molecule has 1 rings (SSSR count). The van der Waals surface area contributed by atoms with Gasteiger partial charge in [-0.15, -0.1) is 12.4 Å². The Balaban J connectivity index is 0.00000529. The number of hydrogen-bond acceptors (Lipinski definition) is 3. The summed E-state index contributed by atoms with van der Waals surface area (Å²) >= 11 is 0. The summed E-state index contributed by atoms with van der Waals surface area (Å²) in [6.45, 7) is 8.38. The van der Waals surface area contributed by atoms with Crippen molar-refractivity contribution in [3.05, 3.63) is 42.0 Å². The molecule has 24 heavy (non-hydrogen) atoms. The minimum absolute atomic E-state index is 0. The predicted molar refractivity (Wildman–Crippen MR) is 89.9 cm³/mol. The number of benzene rings is 1. The molecule has 136 valence electrons. The summed E-state index contributed by atoms with van der Waals surface area (Å²) < 4.78 is 43.8. The van der Waals surface area contributed by atoms with Crippen LogP contribution in [0.1, 0.15) is 29.8 Å². The number of ether oxygens (including phenoxy) is 1.